The van der Waals surface area contributed by atoms with Gasteiger partial charge in [0, 0.05) is 18.5 Å². The quantitative estimate of drug-likeness (QED) is 0.692. The van der Waals surface area contributed by atoms with Gasteiger partial charge in [-0.25, -0.2) is 4.79 Å². The van der Waals surface area contributed by atoms with Crippen LogP contribution in [0, 0.1) is 0 Å². The van der Waals surface area contributed by atoms with Crippen molar-refractivity contribution in [1.82, 2.24) is 0 Å². The summed E-state index contributed by atoms with van der Waals surface area (Å²) in [6, 6.07) is 12.9. The van der Waals surface area contributed by atoms with Crippen molar-refractivity contribution in [3.8, 4) is 5.75 Å². The van der Waals surface area contributed by atoms with Crippen molar-refractivity contribution in [2.45, 2.75) is 12.8 Å². The van der Waals surface area contributed by atoms with E-state index in [0.717, 1.165) is 24.3 Å². The van der Waals surface area contributed by atoms with E-state index in [1.807, 2.05) is 12.1 Å². The number of rotatable bonds is 4. The maximum atomic E-state index is 11.9. The highest BCUT2D eigenvalue weighted by atomic mass is 16.5. The molecule has 2 aromatic rings. The second-order valence-electron chi connectivity index (χ2n) is 5.05. The summed E-state index contributed by atoms with van der Waals surface area (Å²) in [7, 11) is 0. The lowest BCUT2D eigenvalue weighted by atomic mass is 10.1. The van der Waals surface area contributed by atoms with Gasteiger partial charge in [0.05, 0.1) is 18.8 Å². The van der Waals surface area contributed by atoms with E-state index < -0.39 is 0 Å². The number of anilines is 1. The molecule has 0 fully saturated rings. The van der Waals surface area contributed by atoms with Gasteiger partial charge in [0.2, 0.25) is 0 Å². The van der Waals surface area contributed by atoms with Gasteiger partial charge in [0.1, 0.15) is 5.75 Å². The van der Waals surface area contributed by atoms with Crippen molar-refractivity contribution < 1.29 is 14.3 Å². The molecule has 3 rings (SSSR count). The molecule has 1 aliphatic rings. The molecule has 0 saturated heterocycles. The van der Waals surface area contributed by atoms with Crippen LogP contribution >= 0.6 is 0 Å². The predicted molar refractivity (Wildman–Crippen MR) is 80.5 cm³/mol. The molecule has 0 atom stereocenters. The number of nitrogen functional groups attached to an aromatic ring is 1. The van der Waals surface area contributed by atoms with Crippen LogP contribution in [0.3, 0.4) is 0 Å². The van der Waals surface area contributed by atoms with Gasteiger partial charge in [0.25, 0.3) is 0 Å². The van der Waals surface area contributed by atoms with Crippen molar-refractivity contribution in [1.29, 1.82) is 0 Å². The van der Waals surface area contributed by atoms with Crippen LogP contribution in [0.2, 0.25) is 0 Å². The van der Waals surface area contributed by atoms with Gasteiger partial charge in [-0.1, -0.05) is 12.1 Å². The zero-order valence-corrected chi connectivity index (χ0v) is 11.7. The van der Waals surface area contributed by atoms with Crippen molar-refractivity contribution in [3.05, 3.63) is 59.2 Å². The smallest absolute Gasteiger partial charge is 0.338 e. The van der Waals surface area contributed by atoms with E-state index in [2.05, 4.69) is 6.07 Å². The van der Waals surface area contributed by atoms with E-state index in [4.69, 9.17) is 15.2 Å². The summed E-state index contributed by atoms with van der Waals surface area (Å²) in [5.74, 6) is 0.650. The third-order valence-electron chi connectivity index (χ3n) is 3.52. The van der Waals surface area contributed by atoms with E-state index in [1.54, 1.807) is 24.3 Å². The fraction of sp³-hybridized carbons (Fsp3) is 0.235. The van der Waals surface area contributed by atoms with E-state index in [9.17, 15) is 4.79 Å². The fourth-order valence-electron chi connectivity index (χ4n) is 2.36. The summed E-state index contributed by atoms with van der Waals surface area (Å²) in [6.45, 7) is 1.12. The van der Waals surface area contributed by atoms with Crippen LogP contribution in [-0.2, 0) is 17.6 Å². The molecular weight excluding hydrogens is 266 g/mol. The standard InChI is InChI=1S/C17H17NO3/c18-15-4-2-13(3-5-15)17(19)21-9-7-12-1-6-16-14(11-12)8-10-20-16/h1-6,11H,7-10,18H2. The SMILES string of the molecule is Nc1ccc(C(=O)OCCc2ccc3c(c2)CCO3)cc1. The first-order chi connectivity index (χ1) is 10.2. The Labute approximate surface area is 123 Å². The largest absolute Gasteiger partial charge is 0.493 e. The molecule has 4 nitrogen and oxygen atoms in total. The Morgan fingerprint density at radius 3 is 2.81 bits per heavy atom. The number of hydrogen-bond acceptors (Lipinski definition) is 4. The summed E-state index contributed by atoms with van der Waals surface area (Å²) in [6.07, 6.45) is 1.66. The first kappa shape index (κ1) is 13.5. The van der Waals surface area contributed by atoms with Crippen LogP contribution in [0.5, 0.6) is 5.75 Å². The molecular formula is C17H17NO3. The second-order valence-corrected chi connectivity index (χ2v) is 5.05. The van der Waals surface area contributed by atoms with Gasteiger partial charge in [-0.15, -0.1) is 0 Å². The average Bonchev–Trinajstić information content (AvgIpc) is 2.95. The van der Waals surface area contributed by atoms with E-state index in [-0.39, 0.29) is 5.97 Å². The minimum atomic E-state index is -0.320. The maximum Gasteiger partial charge on any atom is 0.338 e. The lowest BCUT2D eigenvalue weighted by Crippen LogP contribution is -2.08. The molecule has 0 radical (unpaired) electrons. The Kier molecular flexibility index (Phi) is 3.77. The Balaban J connectivity index is 1.54. The number of esters is 1. The van der Waals surface area contributed by atoms with Gasteiger partial charge < -0.3 is 15.2 Å². The van der Waals surface area contributed by atoms with Crippen LogP contribution in [0.25, 0.3) is 0 Å². The van der Waals surface area contributed by atoms with Crippen molar-refractivity contribution in [3.63, 3.8) is 0 Å². The molecule has 2 N–H and O–H groups in total. The molecule has 108 valence electrons. The molecule has 0 amide bonds. The number of benzene rings is 2. The Hall–Kier alpha value is -2.49. The van der Waals surface area contributed by atoms with Crippen LogP contribution in [-0.4, -0.2) is 19.2 Å². The summed E-state index contributed by atoms with van der Waals surface area (Å²) >= 11 is 0. The fourth-order valence-corrected chi connectivity index (χ4v) is 2.36. The van der Waals surface area contributed by atoms with E-state index >= 15 is 0 Å². The summed E-state index contributed by atoms with van der Waals surface area (Å²) in [5.41, 5.74) is 9.13. The highest BCUT2D eigenvalue weighted by Gasteiger charge is 2.12. The molecule has 2 aromatic carbocycles. The van der Waals surface area contributed by atoms with Crippen LogP contribution in [0.4, 0.5) is 5.69 Å². The van der Waals surface area contributed by atoms with Gasteiger partial charge in [-0.2, -0.15) is 0 Å². The predicted octanol–water partition coefficient (Wildman–Crippen LogP) is 2.60. The summed E-state index contributed by atoms with van der Waals surface area (Å²) < 4.78 is 10.7. The average molecular weight is 283 g/mol. The molecule has 1 aliphatic heterocycles. The van der Waals surface area contributed by atoms with Crippen molar-refractivity contribution in [2.24, 2.45) is 0 Å². The highest BCUT2D eigenvalue weighted by molar-refractivity contribution is 5.89. The highest BCUT2D eigenvalue weighted by Crippen LogP contribution is 2.26. The van der Waals surface area contributed by atoms with Gasteiger partial charge in [-0.3, -0.25) is 0 Å². The minimum absolute atomic E-state index is 0.320. The zero-order chi connectivity index (χ0) is 14.7. The van der Waals surface area contributed by atoms with Gasteiger partial charge in [-0.05, 0) is 41.5 Å². The molecule has 4 heteroatoms. The summed E-state index contributed by atoms with van der Waals surface area (Å²) in [4.78, 5) is 11.9. The first-order valence-electron chi connectivity index (χ1n) is 6.99. The maximum absolute atomic E-state index is 11.9. The monoisotopic (exact) mass is 283 g/mol. The summed E-state index contributed by atoms with van der Waals surface area (Å²) in [5, 5.41) is 0. The first-order valence-corrected chi connectivity index (χ1v) is 6.99. The minimum Gasteiger partial charge on any atom is -0.493 e. The molecule has 0 spiro atoms. The number of carbonyl (C=O) groups excluding carboxylic acids is 1. The molecule has 21 heavy (non-hydrogen) atoms. The molecule has 0 aliphatic carbocycles. The lowest BCUT2D eigenvalue weighted by Gasteiger charge is -2.06. The second kappa shape index (κ2) is 5.87. The third kappa shape index (κ3) is 3.16. The Bertz CT molecular complexity index is 650. The molecule has 0 aromatic heterocycles. The topological polar surface area (TPSA) is 61.6 Å². The molecule has 0 bridgehead atoms. The van der Waals surface area contributed by atoms with E-state index in [1.165, 1.54) is 5.56 Å². The van der Waals surface area contributed by atoms with Crippen LogP contribution in [0.15, 0.2) is 42.5 Å². The van der Waals surface area contributed by atoms with Crippen molar-refractivity contribution >= 4 is 11.7 Å². The van der Waals surface area contributed by atoms with Crippen LogP contribution < -0.4 is 10.5 Å². The molecule has 1 heterocycles. The number of carbonyl (C=O) groups is 1. The lowest BCUT2D eigenvalue weighted by molar-refractivity contribution is 0.0509. The third-order valence-corrected chi connectivity index (χ3v) is 3.52. The van der Waals surface area contributed by atoms with Crippen molar-refractivity contribution in [2.75, 3.05) is 18.9 Å². The number of ether oxygens (including phenoxy) is 2. The van der Waals surface area contributed by atoms with E-state index in [0.29, 0.717) is 24.3 Å². The molecule has 0 unspecified atom stereocenters. The zero-order valence-electron chi connectivity index (χ0n) is 11.7. The Morgan fingerprint density at radius 1 is 1.19 bits per heavy atom. The number of fused-ring (bicyclic) bond motifs is 1. The van der Waals surface area contributed by atoms with Gasteiger partial charge in [0.15, 0.2) is 0 Å². The number of hydrogen-bond donors (Lipinski definition) is 1. The normalized spacial score (nSPS) is 12.6. The van der Waals surface area contributed by atoms with Crippen LogP contribution in [0.1, 0.15) is 21.5 Å². The van der Waals surface area contributed by atoms with Gasteiger partial charge >= 0.3 is 5.97 Å². The Morgan fingerprint density at radius 2 is 2.00 bits per heavy atom. The number of nitrogens with two attached hydrogens (primary N) is 1. The molecule has 0 saturated carbocycles.